The van der Waals surface area contributed by atoms with Crippen LogP contribution in [0.1, 0.15) is 44.5 Å². The lowest BCUT2D eigenvalue weighted by molar-refractivity contribution is 0.00578. The molecule has 2 aromatic rings. The Bertz CT molecular complexity index is 810. The Morgan fingerprint density at radius 1 is 1.16 bits per heavy atom. The van der Waals surface area contributed by atoms with E-state index >= 15 is 0 Å². The number of hydrogen-bond donors (Lipinski definition) is 1. The summed E-state index contributed by atoms with van der Waals surface area (Å²) in [5.74, 6) is 0.374. The van der Waals surface area contributed by atoms with Crippen LogP contribution in [0.3, 0.4) is 0 Å². The second-order valence-corrected chi connectivity index (χ2v) is 7.53. The molecule has 0 spiro atoms. The summed E-state index contributed by atoms with van der Waals surface area (Å²) in [5.41, 5.74) is 9.05. The Labute approximate surface area is 149 Å². The lowest BCUT2D eigenvalue weighted by atomic mass is 9.76. The first-order chi connectivity index (χ1) is 11.6. The normalized spacial score (nSPS) is 19.0. The molecule has 2 N–H and O–H groups in total. The largest absolute Gasteiger partial charge is 0.495 e. The Morgan fingerprint density at radius 2 is 1.80 bits per heavy atom. The standard InChI is InChI=1S/C18H25BN4O2/c1-12-9-14(10-21-23-11-13(2)22-16(23)20)7-8-15(12)19-24-17(3,4)18(5,6)25-19/h7-11H,1-6H3,(H2,20,22). The number of aryl methyl sites for hydroxylation is 2. The van der Waals surface area contributed by atoms with Crippen molar-refractivity contribution >= 4 is 24.7 Å². The molecule has 0 bridgehead atoms. The van der Waals surface area contributed by atoms with Gasteiger partial charge in [0.1, 0.15) is 0 Å². The smallest absolute Gasteiger partial charge is 0.399 e. The third-order valence-corrected chi connectivity index (χ3v) is 4.97. The Hall–Kier alpha value is -2.12. The molecule has 1 aliphatic heterocycles. The second-order valence-electron chi connectivity index (χ2n) is 7.53. The molecule has 1 saturated heterocycles. The third kappa shape index (κ3) is 3.34. The SMILES string of the molecule is Cc1cn(N=Cc2ccc(B3OC(C)(C)C(C)(C)O3)c(C)c2)c(N)n1. The molecule has 2 heterocycles. The molecule has 1 fully saturated rings. The summed E-state index contributed by atoms with van der Waals surface area (Å²) < 4.78 is 13.8. The highest BCUT2D eigenvalue weighted by Crippen LogP contribution is 2.36. The number of aromatic nitrogens is 2. The minimum Gasteiger partial charge on any atom is -0.399 e. The van der Waals surface area contributed by atoms with Crippen LogP contribution in [0.2, 0.25) is 0 Å². The predicted octanol–water partition coefficient (Wildman–Crippen LogP) is 2.26. The highest BCUT2D eigenvalue weighted by atomic mass is 16.7. The van der Waals surface area contributed by atoms with Gasteiger partial charge in [0, 0.05) is 0 Å². The molecule has 3 rings (SSSR count). The lowest BCUT2D eigenvalue weighted by Gasteiger charge is -2.32. The van der Waals surface area contributed by atoms with Gasteiger partial charge in [0.15, 0.2) is 0 Å². The van der Waals surface area contributed by atoms with Crippen LogP contribution in [0.5, 0.6) is 0 Å². The predicted molar refractivity (Wildman–Crippen MR) is 101 cm³/mol. The average molecular weight is 340 g/mol. The van der Waals surface area contributed by atoms with Crippen LogP contribution >= 0.6 is 0 Å². The van der Waals surface area contributed by atoms with E-state index in [1.165, 1.54) is 0 Å². The van der Waals surface area contributed by atoms with Crippen LogP contribution in [0.25, 0.3) is 0 Å². The van der Waals surface area contributed by atoms with Crippen molar-refractivity contribution in [3.8, 4) is 0 Å². The molecule has 0 saturated carbocycles. The van der Waals surface area contributed by atoms with Crippen molar-refractivity contribution in [2.24, 2.45) is 5.10 Å². The summed E-state index contributed by atoms with van der Waals surface area (Å²) in [7, 11) is -0.358. The van der Waals surface area contributed by atoms with Crippen LogP contribution in [-0.4, -0.2) is 34.2 Å². The van der Waals surface area contributed by atoms with Gasteiger partial charge in [0.25, 0.3) is 0 Å². The molecule has 0 amide bonds. The van der Waals surface area contributed by atoms with Gasteiger partial charge < -0.3 is 15.0 Å². The number of nitrogens with two attached hydrogens (primary N) is 1. The molecule has 1 aliphatic rings. The number of hydrogen-bond acceptors (Lipinski definition) is 5. The fraction of sp³-hybridized carbons (Fsp3) is 0.444. The van der Waals surface area contributed by atoms with Gasteiger partial charge in [-0.2, -0.15) is 5.10 Å². The van der Waals surface area contributed by atoms with Crippen molar-refractivity contribution in [3.63, 3.8) is 0 Å². The molecule has 0 unspecified atom stereocenters. The third-order valence-electron chi connectivity index (χ3n) is 4.97. The summed E-state index contributed by atoms with van der Waals surface area (Å²) >= 11 is 0. The van der Waals surface area contributed by atoms with Gasteiger partial charge in [-0.1, -0.05) is 23.8 Å². The highest BCUT2D eigenvalue weighted by Gasteiger charge is 2.51. The van der Waals surface area contributed by atoms with Gasteiger partial charge in [-0.05, 0) is 52.6 Å². The molecule has 7 heteroatoms. The number of imidazole rings is 1. The molecule has 0 aliphatic carbocycles. The van der Waals surface area contributed by atoms with Gasteiger partial charge in [0.2, 0.25) is 5.95 Å². The van der Waals surface area contributed by atoms with Gasteiger partial charge >= 0.3 is 7.12 Å². The first-order valence-electron chi connectivity index (χ1n) is 8.41. The number of anilines is 1. The molecular weight excluding hydrogens is 315 g/mol. The fourth-order valence-corrected chi connectivity index (χ4v) is 2.74. The van der Waals surface area contributed by atoms with Gasteiger partial charge in [0.05, 0.1) is 29.3 Å². The number of nitrogen functional groups attached to an aromatic ring is 1. The number of nitrogens with zero attached hydrogens (tertiary/aromatic N) is 3. The fourth-order valence-electron chi connectivity index (χ4n) is 2.74. The maximum Gasteiger partial charge on any atom is 0.495 e. The quantitative estimate of drug-likeness (QED) is 0.687. The molecule has 25 heavy (non-hydrogen) atoms. The van der Waals surface area contributed by atoms with E-state index in [0.717, 1.165) is 22.3 Å². The molecule has 132 valence electrons. The van der Waals surface area contributed by atoms with E-state index in [1.54, 1.807) is 17.1 Å². The van der Waals surface area contributed by atoms with Crippen molar-refractivity contribution in [2.45, 2.75) is 52.7 Å². The maximum atomic E-state index is 6.13. The first kappa shape index (κ1) is 17.7. The first-order valence-corrected chi connectivity index (χ1v) is 8.41. The molecule has 6 nitrogen and oxygen atoms in total. The van der Waals surface area contributed by atoms with Crippen LogP contribution in [0.15, 0.2) is 29.5 Å². The minimum absolute atomic E-state index is 0.346. The Balaban J connectivity index is 1.81. The van der Waals surface area contributed by atoms with Crippen molar-refractivity contribution in [3.05, 3.63) is 41.2 Å². The number of rotatable bonds is 3. The Morgan fingerprint density at radius 3 is 2.32 bits per heavy atom. The summed E-state index contributed by atoms with van der Waals surface area (Å²) in [4.78, 5) is 4.13. The Kier molecular flexibility index (Phi) is 4.25. The molecular formula is C18H25BN4O2. The van der Waals surface area contributed by atoms with Gasteiger partial charge in [-0.15, -0.1) is 0 Å². The van der Waals surface area contributed by atoms with Gasteiger partial charge in [-0.3, -0.25) is 0 Å². The monoisotopic (exact) mass is 340 g/mol. The summed E-state index contributed by atoms with van der Waals surface area (Å²) in [6.45, 7) is 12.2. The molecule has 0 radical (unpaired) electrons. The van der Waals surface area contributed by atoms with E-state index in [9.17, 15) is 0 Å². The number of benzene rings is 1. The highest BCUT2D eigenvalue weighted by molar-refractivity contribution is 6.62. The zero-order valence-electron chi connectivity index (χ0n) is 15.7. The van der Waals surface area contributed by atoms with E-state index in [2.05, 4.69) is 43.8 Å². The maximum absolute atomic E-state index is 6.13. The van der Waals surface area contributed by atoms with E-state index in [-0.39, 0.29) is 18.3 Å². The van der Waals surface area contributed by atoms with Gasteiger partial charge in [-0.25, -0.2) is 9.66 Å². The van der Waals surface area contributed by atoms with Crippen LogP contribution in [0, 0.1) is 13.8 Å². The zero-order valence-corrected chi connectivity index (χ0v) is 15.7. The van der Waals surface area contributed by atoms with Crippen molar-refractivity contribution in [2.75, 3.05) is 5.73 Å². The van der Waals surface area contributed by atoms with E-state index < -0.39 is 0 Å². The van der Waals surface area contributed by atoms with Crippen molar-refractivity contribution in [1.29, 1.82) is 0 Å². The van der Waals surface area contributed by atoms with E-state index in [4.69, 9.17) is 15.0 Å². The van der Waals surface area contributed by atoms with Crippen LogP contribution < -0.4 is 11.2 Å². The van der Waals surface area contributed by atoms with E-state index in [1.807, 2.05) is 26.0 Å². The lowest BCUT2D eigenvalue weighted by Crippen LogP contribution is -2.41. The van der Waals surface area contributed by atoms with Crippen molar-refractivity contribution < 1.29 is 9.31 Å². The van der Waals surface area contributed by atoms with E-state index in [0.29, 0.717) is 5.95 Å². The van der Waals surface area contributed by atoms with Crippen molar-refractivity contribution in [1.82, 2.24) is 9.66 Å². The zero-order chi connectivity index (χ0) is 18.4. The average Bonchev–Trinajstić information content (AvgIpc) is 2.92. The second kappa shape index (κ2) is 6.00. The summed E-state index contributed by atoms with van der Waals surface area (Å²) in [6.07, 6.45) is 3.55. The topological polar surface area (TPSA) is 74.7 Å². The summed E-state index contributed by atoms with van der Waals surface area (Å²) in [5, 5.41) is 4.35. The minimum atomic E-state index is -0.358. The van der Waals surface area contributed by atoms with Crippen LogP contribution in [0.4, 0.5) is 5.95 Å². The molecule has 1 aromatic heterocycles. The van der Waals surface area contributed by atoms with Crippen LogP contribution in [-0.2, 0) is 9.31 Å². The molecule has 1 aromatic carbocycles. The molecule has 0 atom stereocenters. The summed E-state index contributed by atoms with van der Waals surface area (Å²) in [6, 6.07) is 6.09.